The Morgan fingerprint density at radius 2 is 1.84 bits per heavy atom. The van der Waals surface area contributed by atoms with Gasteiger partial charge in [-0.05, 0) is 49.4 Å². The molecule has 1 aliphatic rings. The smallest absolute Gasteiger partial charge is 0.0322 e. The molecule has 0 aromatic heterocycles. The minimum Gasteiger partial charge on any atom is -0.310 e. The Hall–Kier alpha value is -0.820. The lowest BCUT2D eigenvalue weighted by atomic mass is 9.83. The molecule has 19 heavy (non-hydrogen) atoms. The fourth-order valence-electron chi connectivity index (χ4n) is 3.32. The first-order valence-electron chi connectivity index (χ1n) is 8.01. The van der Waals surface area contributed by atoms with Gasteiger partial charge in [0, 0.05) is 6.04 Å². The molecule has 1 unspecified atom stereocenters. The van der Waals surface area contributed by atoms with E-state index in [1.807, 2.05) is 0 Å². The van der Waals surface area contributed by atoms with Crippen LogP contribution >= 0.6 is 0 Å². The van der Waals surface area contributed by atoms with Crippen molar-refractivity contribution in [2.24, 2.45) is 5.92 Å². The zero-order valence-corrected chi connectivity index (χ0v) is 12.8. The van der Waals surface area contributed by atoms with Crippen LogP contribution in [0.15, 0.2) is 18.2 Å². The van der Waals surface area contributed by atoms with Gasteiger partial charge in [-0.1, -0.05) is 57.2 Å². The Bertz CT molecular complexity index is 391. The van der Waals surface area contributed by atoms with Crippen LogP contribution in [0.2, 0.25) is 0 Å². The van der Waals surface area contributed by atoms with Gasteiger partial charge in [-0.25, -0.2) is 0 Å². The van der Waals surface area contributed by atoms with Crippen LogP contribution in [0, 0.1) is 19.8 Å². The van der Waals surface area contributed by atoms with E-state index in [1.54, 1.807) is 0 Å². The summed E-state index contributed by atoms with van der Waals surface area (Å²) in [6.45, 7) is 7.70. The average Bonchev–Trinajstić information content (AvgIpc) is 2.43. The summed E-state index contributed by atoms with van der Waals surface area (Å²) in [7, 11) is 0. The van der Waals surface area contributed by atoms with Gasteiger partial charge in [0.25, 0.3) is 0 Å². The van der Waals surface area contributed by atoms with Crippen LogP contribution in [0.4, 0.5) is 0 Å². The van der Waals surface area contributed by atoms with Crippen molar-refractivity contribution in [3.63, 3.8) is 0 Å². The Kier molecular flexibility index (Phi) is 5.45. The van der Waals surface area contributed by atoms with E-state index in [4.69, 9.17) is 0 Å². The predicted octanol–water partition coefficient (Wildman–Crippen LogP) is 4.92. The molecule has 1 aromatic carbocycles. The fraction of sp³-hybridized carbons (Fsp3) is 0.667. The van der Waals surface area contributed by atoms with Gasteiger partial charge in [-0.3, -0.25) is 0 Å². The average molecular weight is 259 g/mol. The second kappa shape index (κ2) is 7.09. The van der Waals surface area contributed by atoms with E-state index in [9.17, 15) is 0 Å². The molecule has 106 valence electrons. The molecule has 1 aromatic rings. The van der Waals surface area contributed by atoms with Crippen LogP contribution in [-0.4, -0.2) is 6.54 Å². The maximum Gasteiger partial charge on any atom is 0.0322 e. The number of rotatable bonds is 5. The van der Waals surface area contributed by atoms with Crippen LogP contribution in [0.3, 0.4) is 0 Å². The van der Waals surface area contributed by atoms with Gasteiger partial charge >= 0.3 is 0 Å². The largest absolute Gasteiger partial charge is 0.310 e. The summed E-state index contributed by atoms with van der Waals surface area (Å²) < 4.78 is 0. The third-order valence-electron chi connectivity index (χ3n) is 4.68. The summed E-state index contributed by atoms with van der Waals surface area (Å²) in [5, 5.41) is 3.69. The summed E-state index contributed by atoms with van der Waals surface area (Å²) in [5.41, 5.74) is 4.30. The van der Waals surface area contributed by atoms with Gasteiger partial charge in [0.2, 0.25) is 0 Å². The quantitative estimate of drug-likeness (QED) is 0.791. The standard InChI is InChI=1S/C18H29N/c1-4-19-18(13-16-8-6-5-7-9-16)17-11-10-14(2)15(3)12-17/h10-12,16,18-19H,4-9,13H2,1-3H3. The van der Waals surface area contributed by atoms with Gasteiger partial charge in [0.15, 0.2) is 0 Å². The van der Waals surface area contributed by atoms with E-state index in [1.165, 1.54) is 55.2 Å². The highest BCUT2D eigenvalue weighted by atomic mass is 14.9. The van der Waals surface area contributed by atoms with Gasteiger partial charge < -0.3 is 5.32 Å². The highest BCUT2D eigenvalue weighted by Crippen LogP contribution is 2.32. The van der Waals surface area contributed by atoms with Crippen LogP contribution in [0.25, 0.3) is 0 Å². The molecule has 1 aliphatic carbocycles. The number of hydrogen-bond donors (Lipinski definition) is 1. The van der Waals surface area contributed by atoms with Crippen LogP contribution in [0.1, 0.15) is 68.2 Å². The highest BCUT2D eigenvalue weighted by molar-refractivity contribution is 5.31. The molecule has 2 rings (SSSR count). The summed E-state index contributed by atoms with van der Waals surface area (Å²) in [4.78, 5) is 0. The number of nitrogens with one attached hydrogen (secondary N) is 1. The summed E-state index contributed by atoms with van der Waals surface area (Å²) in [5.74, 6) is 0.930. The van der Waals surface area contributed by atoms with Gasteiger partial charge in [0.05, 0.1) is 0 Å². The summed E-state index contributed by atoms with van der Waals surface area (Å²) >= 11 is 0. The fourth-order valence-corrected chi connectivity index (χ4v) is 3.32. The molecule has 1 atom stereocenters. The first-order valence-corrected chi connectivity index (χ1v) is 8.01. The minimum atomic E-state index is 0.549. The third-order valence-corrected chi connectivity index (χ3v) is 4.68. The van der Waals surface area contributed by atoms with Crippen molar-refractivity contribution in [2.75, 3.05) is 6.54 Å². The molecule has 1 N–H and O–H groups in total. The highest BCUT2D eigenvalue weighted by Gasteiger charge is 2.19. The lowest BCUT2D eigenvalue weighted by molar-refractivity contribution is 0.301. The Balaban J connectivity index is 2.07. The van der Waals surface area contributed by atoms with Gasteiger partial charge in [-0.2, -0.15) is 0 Å². The van der Waals surface area contributed by atoms with Crippen molar-refractivity contribution in [2.45, 2.75) is 65.3 Å². The third kappa shape index (κ3) is 4.07. The van der Waals surface area contributed by atoms with Crippen LogP contribution in [-0.2, 0) is 0 Å². The topological polar surface area (TPSA) is 12.0 Å². The van der Waals surface area contributed by atoms with Crippen molar-refractivity contribution >= 4 is 0 Å². The molecule has 0 saturated heterocycles. The second-order valence-electron chi connectivity index (χ2n) is 6.19. The second-order valence-corrected chi connectivity index (χ2v) is 6.19. The predicted molar refractivity (Wildman–Crippen MR) is 83.5 cm³/mol. The minimum absolute atomic E-state index is 0.549. The van der Waals surface area contributed by atoms with E-state index >= 15 is 0 Å². The summed E-state index contributed by atoms with van der Waals surface area (Å²) in [6, 6.07) is 7.52. The molecule has 1 fully saturated rings. The molecule has 0 amide bonds. The molecule has 0 radical (unpaired) electrons. The van der Waals surface area contributed by atoms with E-state index in [-0.39, 0.29) is 0 Å². The van der Waals surface area contributed by atoms with E-state index in [0.29, 0.717) is 6.04 Å². The van der Waals surface area contributed by atoms with Crippen molar-refractivity contribution < 1.29 is 0 Å². The number of benzene rings is 1. The molecule has 0 aliphatic heterocycles. The van der Waals surface area contributed by atoms with Crippen molar-refractivity contribution in [1.29, 1.82) is 0 Å². The van der Waals surface area contributed by atoms with Crippen molar-refractivity contribution in [1.82, 2.24) is 5.32 Å². The van der Waals surface area contributed by atoms with E-state index in [0.717, 1.165) is 12.5 Å². The first kappa shape index (κ1) is 14.6. The Morgan fingerprint density at radius 3 is 2.47 bits per heavy atom. The lowest BCUT2D eigenvalue weighted by Gasteiger charge is -2.27. The van der Waals surface area contributed by atoms with Gasteiger partial charge in [-0.15, -0.1) is 0 Å². The molecule has 1 heteroatoms. The zero-order chi connectivity index (χ0) is 13.7. The monoisotopic (exact) mass is 259 g/mol. The molecule has 0 heterocycles. The Labute approximate surface area is 118 Å². The van der Waals surface area contributed by atoms with Crippen molar-refractivity contribution in [3.05, 3.63) is 34.9 Å². The zero-order valence-electron chi connectivity index (χ0n) is 12.8. The molecule has 0 bridgehead atoms. The maximum atomic E-state index is 3.69. The number of hydrogen-bond acceptors (Lipinski definition) is 1. The molecule has 1 saturated carbocycles. The summed E-state index contributed by atoms with van der Waals surface area (Å²) in [6.07, 6.45) is 8.52. The molecular formula is C18H29N. The van der Waals surface area contributed by atoms with Crippen molar-refractivity contribution in [3.8, 4) is 0 Å². The van der Waals surface area contributed by atoms with E-state index < -0.39 is 0 Å². The molecular weight excluding hydrogens is 230 g/mol. The normalized spacial score (nSPS) is 18.5. The van der Waals surface area contributed by atoms with Crippen LogP contribution in [0.5, 0.6) is 0 Å². The van der Waals surface area contributed by atoms with Gasteiger partial charge in [0.1, 0.15) is 0 Å². The first-order chi connectivity index (χ1) is 9.20. The Morgan fingerprint density at radius 1 is 1.11 bits per heavy atom. The number of aryl methyl sites for hydroxylation is 2. The maximum absolute atomic E-state index is 3.69. The molecule has 1 nitrogen and oxygen atoms in total. The lowest BCUT2D eigenvalue weighted by Crippen LogP contribution is -2.24. The van der Waals surface area contributed by atoms with E-state index in [2.05, 4.69) is 44.3 Å². The van der Waals surface area contributed by atoms with Crippen LogP contribution < -0.4 is 5.32 Å². The SMILES string of the molecule is CCNC(CC1CCCCC1)c1ccc(C)c(C)c1. The molecule has 0 spiro atoms.